The SMILES string of the molecule is CC(C)c1ccc(NC(=O)C2NCC3CCCC32)cc1. The van der Waals surface area contributed by atoms with Crippen molar-refractivity contribution in [3.8, 4) is 0 Å². The summed E-state index contributed by atoms with van der Waals surface area (Å²) in [5, 5.41) is 6.46. The Morgan fingerprint density at radius 3 is 2.70 bits per heavy atom. The molecule has 1 aromatic rings. The van der Waals surface area contributed by atoms with E-state index < -0.39 is 0 Å². The van der Waals surface area contributed by atoms with E-state index in [0.29, 0.717) is 17.8 Å². The van der Waals surface area contributed by atoms with Gasteiger partial charge >= 0.3 is 0 Å². The van der Waals surface area contributed by atoms with Crippen molar-refractivity contribution in [3.05, 3.63) is 29.8 Å². The van der Waals surface area contributed by atoms with Gasteiger partial charge in [0.05, 0.1) is 6.04 Å². The molecule has 2 N–H and O–H groups in total. The predicted molar refractivity (Wildman–Crippen MR) is 81.8 cm³/mol. The van der Waals surface area contributed by atoms with Crippen LogP contribution in [0.15, 0.2) is 24.3 Å². The maximum absolute atomic E-state index is 12.4. The number of hydrogen-bond donors (Lipinski definition) is 2. The van der Waals surface area contributed by atoms with E-state index in [4.69, 9.17) is 0 Å². The molecule has 1 heterocycles. The molecule has 1 aromatic carbocycles. The van der Waals surface area contributed by atoms with Gasteiger partial charge in [-0.05, 0) is 54.8 Å². The molecular weight excluding hydrogens is 248 g/mol. The highest BCUT2D eigenvalue weighted by atomic mass is 16.2. The van der Waals surface area contributed by atoms with Gasteiger partial charge in [0.2, 0.25) is 5.91 Å². The number of nitrogens with one attached hydrogen (secondary N) is 2. The van der Waals surface area contributed by atoms with E-state index in [2.05, 4.69) is 36.6 Å². The number of carbonyl (C=O) groups excluding carboxylic acids is 1. The van der Waals surface area contributed by atoms with Gasteiger partial charge in [0.1, 0.15) is 0 Å². The molecule has 0 aromatic heterocycles. The average Bonchev–Trinajstić information content (AvgIpc) is 3.01. The zero-order valence-corrected chi connectivity index (χ0v) is 12.4. The second-order valence-electron chi connectivity index (χ2n) is 6.51. The maximum atomic E-state index is 12.4. The molecule has 20 heavy (non-hydrogen) atoms. The highest BCUT2D eigenvalue weighted by Crippen LogP contribution is 2.38. The Kier molecular flexibility index (Phi) is 3.79. The molecule has 3 nitrogen and oxygen atoms in total. The van der Waals surface area contributed by atoms with E-state index in [1.54, 1.807) is 0 Å². The van der Waals surface area contributed by atoms with Crippen LogP contribution >= 0.6 is 0 Å². The highest BCUT2D eigenvalue weighted by molar-refractivity contribution is 5.95. The Balaban J connectivity index is 1.64. The Labute approximate surface area is 121 Å². The van der Waals surface area contributed by atoms with Crippen LogP contribution in [0.4, 0.5) is 5.69 Å². The molecule has 2 fully saturated rings. The molecule has 108 valence electrons. The Bertz CT molecular complexity index is 480. The van der Waals surface area contributed by atoms with Crippen molar-refractivity contribution in [3.63, 3.8) is 0 Å². The highest BCUT2D eigenvalue weighted by Gasteiger charge is 2.42. The second kappa shape index (κ2) is 5.57. The first-order valence-electron chi connectivity index (χ1n) is 7.79. The molecule has 1 aliphatic heterocycles. The van der Waals surface area contributed by atoms with Crippen LogP contribution in [0, 0.1) is 11.8 Å². The van der Waals surface area contributed by atoms with E-state index in [0.717, 1.165) is 12.2 Å². The van der Waals surface area contributed by atoms with Gasteiger partial charge in [-0.2, -0.15) is 0 Å². The van der Waals surface area contributed by atoms with Crippen molar-refractivity contribution in [2.75, 3.05) is 11.9 Å². The van der Waals surface area contributed by atoms with Gasteiger partial charge in [-0.25, -0.2) is 0 Å². The fraction of sp³-hybridized carbons (Fsp3) is 0.588. The summed E-state index contributed by atoms with van der Waals surface area (Å²) in [6, 6.07) is 8.22. The number of fused-ring (bicyclic) bond motifs is 1. The van der Waals surface area contributed by atoms with Gasteiger partial charge in [-0.15, -0.1) is 0 Å². The number of hydrogen-bond acceptors (Lipinski definition) is 2. The van der Waals surface area contributed by atoms with Crippen molar-refractivity contribution in [1.29, 1.82) is 0 Å². The summed E-state index contributed by atoms with van der Waals surface area (Å²) in [6.07, 6.45) is 3.76. The van der Waals surface area contributed by atoms with Crippen LogP contribution < -0.4 is 10.6 Å². The number of rotatable bonds is 3. The first kappa shape index (κ1) is 13.6. The summed E-state index contributed by atoms with van der Waals surface area (Å²) in [6.45, 7) is 5.36. The summed E-state index contributed by atoms with van der Waals surface area (Å²) < 4.78 is 0. The lowest BCUT2D eigenvalue weighted by Gasteiger charge is -2.18. The van der Waals surface area contributed by atoms with Gasteiger partial charge in [0.15, 0.2) is 0 Å². The van der Waals surface area contributed by atoms with Crippen LogP contribution in [0.25, 0.3) is 0 Å². The standard InChI is InChI=1S/C17H24N2O/c1-11(2)12-6-8-14(9-7-12)19-17(20)16-15-5-3-4-13(15)10-18-16/h6-9,11,13,15-16,18H,3-5,10H2,1-2H3,(H,19,20). The quantitative estimate of drug-likeness (QED) is 0.887. The Hall–Kier alpha value is -1.35. The first-order chi connectivity index (χ1) is 9.65. The maximum Gasteiger partial charge on any atom is 0.241 e. The van der Waals surface area contributed by atoms with E-state index in [9.17, 15) is 4.79 Å². The minimum atomic E-state index is 0.00674. The van der Waals surface area contributed by atoms with E-state index >= 15 is 0 Å². The third-order valence-corrected chi connectivity index (χ3v) is 4.87. The molecular formula is C17H24N2O. The van der Waals surface area contributed by atoms with Gasteiger partial charge in [0, 0.05) is 5.69 Å². The predicted octanol–water partition coefficient (Wildman–Crippen LogP) is 3.14. The molecule has 3 atom stereocenters. The van der Waals surface area contributed by atoms with E-state index in [1.165, 1.54) is 24.8 Å². The molecule has 1 aliphatic carbocycles. The third-order valence-electron chi connectivity index (χ3n) is 4.87. The Morgan fingerprint density at radius 1 is 1.25 bits per heavy atom. The molecule has 3 unspecified atom stereocenters. The Morgan fingerprint density at radius 2 is 2.00 bits per heavy atom. The molecule has 1 saturated heterocycles. The van der Waals surface area contributed by atoms with Crippen LogP contribution in [0.1, 0.15) is 44.6 Å². The number of carbonyl (C=O) groups is 1. The summed E-state index contributed by atoms with van der Waals surface area (Å²) in [5.74, 6) is 1.92. The van der Waals surface area contributed by atoms with Crippen molar-refractivity contribution < 1.29 is 4.79 Å². The van der Waals surface area contributed by atoms with E-state index in [-0.39, 0.29) is 11.9 Å². The number of amides is 1. The topological polar surface area (TPSA) is 41.1 Å². The molecule has 0 spiro atoms. The zero-order valence-electron chi connectivity index (χ0n) is 12.4. The molecule has 3 rings (SSSR count). The number of anilines is 1. The molecule has 2 aliphatic rings. The van der Waals surface area contributed by atoms with E-state index in [1.807, 2.05) is 12.1 Å². The summed E-state index contributed by atoms with van der Waals surface area (Å²) in [5.41, 5.74) is 2.21. The lowest BCUT2D eigenvalue weighted by atomic mass is 9.93. The normalized spacial score (nSPS) is 28.6. The second-order valence-corrected chi connectivity index (χ2v) is 6.51. The summed E-state index contributed by atoms with van der Waals surface area (Å²) >= 11 is 0. The van der Waals surface area contributed by atoms with Crippen LogP contribution in [-0.2, 0) is 4.79 Å². The average molecular weight is 272 g/mol. The molecule has 3 heteroatoms. The fourth-order valence-corrected chi connectivity index (χ4v) is 3.65. The minimum absolute atomic E-state index is 0.00674. The van der Waals surface area contributed by atoms with Gasteiger partial charge in [-0.1, -0.05) is 32.4 Å². The lowest BCUT2D eigenvalue weighted by Crippen LogP contribution is -2.39. The van der Waals surface area contributed by atoms with Gasteiger partial charge < -0.3 is 10.6 Å². The fourth-order valence-electron chi connectivity index (χ4n) is 3.65. The molecule has 0 radical (unpaired) electrons. The lowest BCUT2D eigenvalue weighted by molar-refractivity contribution is -0.118. The van der Waals surface area contributed by atoms with Gasteiger partial charge in [0.25, 0.3) is 0 Å². The van der Waals surface area contributed by atoms with Crippen molar-refractivity contribution in [1.82, 2.24) is 5.32 Å². The minimum Gasteiger partial charge on any atom is -0.325 e. The van der Waals surface area contributed by atoms with Crippen molar-refractivity contribution in [2.24, 2.45) is 11.8 Å². The molecule has 0 bridgehead atoms. The largest absolute Gasteiger partial charge is 0.325 e. The van der Waals surface area contributed by atoms with Crippen LogP contribution in [0.5, 0.6) is 0 Å². The molecule has 1 amide bonds. The monoisotopic (exact) mass is 272 g/mol. The zero-order chi connectivity index (χ0) is 14.1. The van der Waals surface area contributed by atoms with Crippen LogP contribution in [-0.4, -0.2) is 18.5 Å². The van der Waals surface area contributed by atoms with Crippen LogP contribution in [0.2, 0.25) is 0 Å². The van der Waals surface area contributed by atoms with Gasteiger partial charge in [-0.3, -0.25) is 4.79 Å². The van der Waals surface area contributed by atoms with Crippen molar-refractivity contribution >= 4 is 11.6 Å². The smallest absolute Gasteiger partial charge is 0.241 e. The third kappa shape index (κ3) is 2.59. The van der Waals surface area contributed by atoms with Crippen LogP contribution in [0.3, 0.4) is 0 Å². The first-order valence-corrected chi connectivity index (χ1v) is 7.79. The summed E-state index contributed by atoms with van der Waals surface area (Å²) in [4.78, 5) is 12.4. The van der Waals surface area contributed by atoms with Crippen molar-refractivity contribution in [2.45, 2.75) is 45.1 Å². The number of benzene rings is 1. The summed E-state index contributed by atoms with van der Waals surface area (Å²) in [7, 11) is 0. The molecule has 1 saturated carbocycles.